The number of aryl methyl sites for hydroxylation is 1. The second kappa shape index (κ2) is 9.12. The molecule has 194 valence electrons. The fourth-order valence-corrected chi connectivity index (χ4v) is 4.82. The van der Waals surface area contributed by atoms with Crippen molar-refractivity contribution in [1.82, 2.24) is 34.7 Å². The number of tetrazole rings is 1. The quantitative estimate of drug-likeness (QED) is 0.524. The minimum Gasteiger partial charge on any atom is -0.492 e. The van der Waals surface area contributed by atoms with Crippen LogP contribution in [0.15, 0.2) is 23.1 Å². The molecule has 1 aromatic carbocycles. The van der Waals surface area contributed by atoms with Crippen molar-refractivity contribution < 1.29 is 13.5 Å². The third-order valence-electron chi connectivity index (χ3n) is 6.86. The fourth-order valence-electron chi connectivity index (χ4n) is 4.82. The molecule has 0 bridgehead atoms. The number of nitrogens with zero attached hydrogens (tertiary/aromatic N) is 7. The van der Waals surface area contributed by atoms with Crippen molar-refractivity contribution in [3.63, 3.8) is 0 Å². The summed E-state index contributed by atoms with van der Waals surface area (Å²) in [6.45, 7) is 8.64. The Labute approximate surface area is 207 Å². The van der Waals surface area contributed by atoms with E-state index in [9.17, 15) is 13.6 Å². The number of hydrogen-bond donors (Lipinski definition) is 2. The zero-order valence-electron chi connectivity index (χ0n) is 21.4. The highest BCUT2D eigenvalue weighted by atomic mass is 19.1. The number of hydrogen-bond acceptors (Lipinski definition) is 9. The number of anilines is 3. The normalized spacial score (nSPS) is 17.7. The van der Waals surface area contributed by atoms with Crippen LogP contribution < -0.4 is 21.1 Å². The summed E-state index contributed by atoms with van der Waals surface area (Å²) in [6, 6.07) is 2.53. The van der Waals surface area contributed by atoms with E-state index in [1.54, 1.807) is 0 Å². The fraction of sp³-hybridized carbons (Fsp3) is 0.522. The molecule has 2 N–H and O–H groups in total. The van der Waals surface area contributed by atoms with Crippen molar-refractivity contribution in [1.29, 1.82) is 0 Å². The summed E-state index contributed by atoms with van der Waals surface area (Å²) in [7, 11) is 4.82. The average Bonchev–Trinajstić information content (AvgIpc) is 3.12. The van der Waals surface area contributed by atoms with Gasteiger partial charge in [0.25, 0.3) is 0 Å². The van der Waals surface area contributed by atoms with E-state index >= 15 is 0 Å². The Morgan fingerprint density at radius 2 is 1.72 bits per heavy atom. The molecule has 0 aliphatic carbocycles. The van der Waals surface area contributed by atoms with Crippen molar-refractivity contribution in [3.05, 3.63) is 40.4 Å². The van der Waals surface area contributed by atoms with Gasteiger partial charge >= 0.3 is 5.69 Å². The van der Waals surface area contributed by atoms with Crippen LogP contribution in [0, 0.1) is 11.6 Å². The molecule has 4 rings (SSSR count). The number of ether oxygens (including phenoxy) is 1. The Kier molecular flexibility index (Phi) is 6.45. The number of rotatable bonds is 6. The lowest BCUT2D eigenvalue weighted by molar-refractivity contribution is -0.00778. The minimum absolute atomic E-state index is 0.0149. The van der Waals surface area contributed by atoms with Gasteiger partial charge in [0.1, 0.15) is 0 Å². The van der Waals surface area contributed by atoms with Gasteiger partial charge in [-0.25, -0.2) is 18.6 Å². The molecule has 0 unspecified atom stereocenters. The maximum Gasteiger partial charge on any atom is 0.368 e. The van der Waals surface area contributed by atoms with Crippen molar-refractivity contribution in [2.45, 2.75) is 57.7 Å². The summed E-state index contributed by atoms with van der Waals surface area (Å²) < 4.78 is 36.6. The van der Waals surface area contributed by atoms with E-state index in [1.807, 2.05) is 0 Å². The molecule has 0 radical (unpaired) electrons. The molecule has 11 nitrogen and oxygen atoms in total. The van der Waals surface area contributed by atoms with Crippen LogP contribution in [-0.2, 0) is 7.05 Å². The first kappa shape index (κ1) is 25.5. The molecule has 0 amide bonds. The third-order valence-corrected chi connectivity index (χ3v) is 6.86. The highest BCUT2D eigenvalue weighted by molar-refractivity contribution is 5.70. The number of aromatic nitrogens is 6. The number of benzene rings is 1. The second-order valence-corrected chi connectivity index (χ2v) is 10.2. The molecule has 36 heavy (non-hydrogen) atoms. The second-order valence-electron chi connectivity index (χ2n) is 10.2. The van der Waals surface area contributed by atoms with Crippen LogP contribution in [-0.4, -0.2) is 65.9 Å². The van der Waals surface area contributed by atoms with Crippen LogP contribution in [0.25, 0.3) is 5.69 Å². The van der Waals surface area contributed by atoms with Gasteiger partial charge < -0.3 is 15.4 Å². The third kappa shape index (κ3) is 4.62. The molecule has 1 aliphatic rings. The molecule has 1 saturated heterocycles. The van der Waals surface area contributed by atoms with E-state index in [2.05, 4.69) is 70.7 Å². The molecular formula is C23H31F2N9O2. The minimum atomic E-state index is -0.741. The summed E-state index contributed by atoms with van der Waals surface area (Å²) in [5.74, 6) is -1.23. The van der Waals surface area contributed by atoms with Gasteiger partial charge in [0.2, 0.25) is 5.95 Å². The molecule has 0 spiro atoms. The zero-order valence-corrected chi connectivity index (χ0v) is 21.4. The lowest BCUT2D eigenvalue weighted by atomic mass is 9.77. The molecular weight excluding hydrogens is 472 g/mol. The molecule has 1 aliphatic heterocycles. The standard InChI is InChI=1S/C23H31F2N9O2/c1-22(2)10-13(11-23(3,4)33(22)6)27-19-15(25)12-26-20(29-19)28-16-9-8-14(24)17(18(16)36-7)34-21(35)32(5)30-31-34/h8-9,12-13H,10-11H2,1-7H3,(H2,26,27,28,29). The van der Waals surface area contributed by atoms with Crippen molar-refractivity contribution in [2.24, 2.45) is 7.05 Å². The van der Waals surface area contributed by atoms with Gasteiger partial charge in [-0.05, 0) is 70.1 Å². The zero-order chi connectivity index (χ0) is 26.4. The molecule has 0 saturated carbocycles. The molecule has 0 atom stereocenters. The van der Waals surface area contributed by atoms with Crippen LogP contribution in [0.2, 0.25) is 0 Å². The lowest BCUT2D eigenvalue weighted by Gasteiger charge is -2.53. The van der Waals surface area contributed by atoms with Crippen molar-refractivity contribution in [3.8, 4) is 11.4 Å². The number of piperidine rings is 1. The number of halogens is 2. The Hall–Kier alpha value is -3.61. The summed E-state index contributed by atoms with van der Waals surface area (Å²) in [4.78, 5) is 23.0. The SMILES string of the molecule is COc1c(Nc2ncc(F)c(NC3CC(C)(C)N(C)C(C)(C)C3)n2)ccc(F)c1-n1nnn(C)c1=O. The predicted molar refractivity (Wildman–Crippen MR) is 131 cm³/mol. The van der Waals surface area contributed by atoms with Gasteiger partial charge in [0, 0.05) is 24.2 Å². The summed E-state index contributed by atoms with van der Waals surface area (Å²) in [5, 5.41) is 13.5. The van der Waals surface area contributed by atoms with Crippen LogP contribution in [0.5, 0.6) is 5.75 Å². The Balaban J connectivity index is 1.64. The van der Waals surface area contributed by atoms with E-state index in [-0.39, 0.29) is 46.0 Å². The van der Waals surface area contributed by atoms with Gasteiger partial charge in [-0.2, -0.15) is 14.3 Å². The molecule has 13 heteroatoms. The van der Waals surface area contributed by atoms with E-state index < -0.39 is 17.3 Å². The number of nitrogens with one attached hydrogen (secondary N) is 2. The maximum atomic E-state index is 14.7. The molecule has 2 aromatic heterocycles. The first-order valence-corrected chi connectivity index (χ1v) is 11.5. The number of likely N-dealkylation sites (tertiary alicyclic amines) is 1. The van der Waals surface area contributed by atoms with Gasteiger partial charge in [-0.1, -0.05) is 0 Å². The predicted octanol–water partition coefficient (Wildman–Crippen LogP) is 2.85. The van der Waals surface area contributed by atoms with Gasteiger partial charge in [-0.15, -0.1) is 0 Å². The van der Waals surface area contributed by atoms with Crippen molar-refractivity contribution in [2.75, 3.05) is 24.8 Å². The van der Waals surface area contributed by atoms with Crippen molar-refractivity contribution >= 4 is 17.5 Å². The van der Waals surface area contributed by atoms with E-state index in [1.165, 1.54) is 20.2 Å². The average molecular weight is 504 g/mol. The largest absolute Gasteiger partial charge is 0.492 e. The van der Waals surface area contributed by atoms with Gasteiger partial charge in [0.15, 0.2) is 28.9 Å². The highest BCUT2D eigenvalue weighted by Gasteiger charge is 2.43. The Morgan fingerprint density at radius 1 is 1.06 bits per heavy atom. The Bertz CT molecular complexity index is 1320. The van der Waals surface area contributed by atoms with E-state index in [0.29, 0.717) is 0 Å². The molecule has 3 aromatic rings. The first-order chi connectivity index (χ1) is 16.8. The van der Waals surface area contributed by atoms with E-state index in [4.69, 9.17) is 4.74 Å². The van der Waals surface area contributed by atoms with Gasteiger partial charge in [0.05, 0.1) is 19.0 Å². The number of methoxy groups -OCH3 is 1. The van der Waals surface area contributed by atoms with Crippen LogP contribution >= 0.6 is 0 Å². The summed E-state index contributed by atoms with van der Waals surface area (Å²) >= 11 is 0. The monoisotopic (exact) mass is 503 g/mol. The first-order valence-electron chi connectivity index (χ1n) is 11.5. The maximum absolute atomic E-state index is 14.7. The molecule has 1 fully saturated rings. The van der Waals surface area contributed by atoms with Gasteiger partial charge in [-0.3, -0.25) is 4.90 Å². The van der Waals surface area contributed by atoms with Crippen LogP contribution in [0.1, 0.15) is 40.5 Å². The van der Waals surface area contributed by atoms with E-state index in [0.717, 1.165) is 34.5 Å². The topological polar surface area (TPSA) is 115 Å². The molecule has 3 heterocycles. The summed E-state index contributed by atoms with van der Waals surface area (Å²) in [6.07, 6.45) is 2.65. The highest BCUT2D eigenvalue weighted by Crippen LogP contribution is 2.38. The van der Waals surface area contributed by atoms with Crippen LogP contribution in [0.3, 0.4) is 0 Å². The Morgan fingerprint density at radius 3 is 2.31 bits per heavy atom. The smallest absolute Gasteiger partial charge is 0.368 e. The van der Waals surface area contributed by atoms with Crippen LogP contribution in [0.4, 0.5) is 26.2 Å². The summed E-state index contributed by atoms with van der Waals surface area (Å²) in [5.41, 5.74) is -0.819. The lowest BCUT2D eigenvalue weighted by Crippen LogP contribution is -2.61.